The molecule has 0 saturated carbocycles. The number of rotatable bonds is 5. The molecule has 7 nitrogen and oxygen atoms in total. The summed E-state index contributed by atoms with van der Waals surface area (Å²) in [5.74, 6) is 0.842. The lowest BCUT2D eigenvalue weighted by Gasteiger charge is -2.18. The summed E-state index contributed by atoms with van der Waals surface area (Å²) < 4.78 is 37.7. The molecule has 1 atom stereocenters. The van der Waals surface area contributed by atoms with Crippen molar-refractivity contribution >= 4 is 27.5 Å². The minimum atomic E-state index is -3.63. The van der Waals surface area contributed by atoms with Crippen LogP contribution in [0.5, 0.6) is 11.5 Å². The van der Waals surface area contributed by atoms with Crippen LogP contribution in [0.2, 0.25) is 5.02 Å². The zero-order valence-electron chi connectivity index (χ0n) is 15.9. The van der Waals surface area contributed by atoms with Gasteiger partial charge in [0.25, 0.3) is 5.91 Å². The number of carbonyl (C=O) groups is 1. The summed E-state index contributed by atoms with van der Waals surface area (Å²) >= 11 is 6.20. The fourth-order valence-electron chi connectivity index (χ4n) is 3.46. The van der Waals surface area contributed by atoms with E-state index in [-0.39, 0.29) is 28.3 Å². The molecule has 2 aliphatic heterocycles. The highest BCUT2D eigenvalue weighted by Crippen LogP contribution is 2.34. The molecule has 1 N–H and O–H groups in total. The molecule has 2 aliphatic rings. The van der Waals surface area contributed by atoms with Gasteiger partial charge in [0.15, 0.2) is 11.5 Å². The third kappa shape index (κ3) is 3.92. The van der Waals surface area contributed by atoms with Gasteiger partial charge < -0.3 is 14.8 Å². The van der Waals surface area contributed by atoms with E-state index < -0.39 is 15.9 Å². The Morgan fingerprint density at radius 2 is 1.83 bits per heavy atom. The van der Waals surface area contributed by atoms with Gasteiger partial charge in [-0.05, 0) is 55.7 Å². The molecule has 2 heterocycles. The first-order valence-electron chi connectivity index (χ1n) is 9.36. The van der Waals surface area contributed by atoms with E-state index in [1.165, 1.54) is 22.5 Å². The van der Waals surface area contributed by atoms with Crippen molar-refractivity contribution in [3.63, 3.8) is 0 Å². The molecule has 0 aromatic heterocycles. The normalized spacial score (nSPS) is 17.3. The summed E-state index contributed by atoms with van der Waals surface area (Å²) in [5, 5.41) is 3.06. The third-order valence-electron chi connectivity index (χ3n) is 5.13. The van der Waals surface area contributed by atoms with E-state index in [1.54, 1.807) is 6.07 Å². The van der Waals surface area contributed by atoms with Crippen LogP contribution >= 0.6 is 11.6 Å². The molecule has 1 saturated heterocycles. The molecule has 2 aromatic carbocycles. The van der Waals surface area contributed by atoms with E-state index in [4.69, 9.17) is 21.1 Å². The lowest BCUT2D eigenvalue weighted by Crippen LogP contribution is -2.29. The highest BCUT2D eigenvalue weighted by atomic mass is 35.5. The molecule has 154 valence electrons. The van der Waals surface area contributed by atoms with Crippen molar-refractivity contribution in [3.05, 3.63) is 52.5 Å². The fourth-order valence-corrected chi connectivity index (χ4v) is 5.20. The van der Waals surface area contributed by atoms with Gasteiger partial charge in [-0.3, -0.25) is 4.79 Å². The number of fused-ring (bicyclic) bond motifs is 1. The van der Waals surface area contributed by atoms with E-state index in [1.807, 2.05) is 19.1 Å². The first-order valence-corrected chi connectivity index (χ1v) is 11.2. The Bertz CT molecular complexity index is 1050. The van der Waals surface area contributed by atoms with Crippen LogP contribution in [0, 0.1) is 0 Å². The van der Waals surface area contributed by atoms with Crippen LogP contribution in [0.3, 0.4) is 0 Å². The number of sulfonamides is 1. The van der Waals surface area contributed by atoms with Gasteiger partial charge in [0.1, 0.15) is 0 Å². The highest BCUT2D eigenvalue weighted by Gasteiger charge is 2.28. The van der Waals surface area contributed by atoms with Gasteiger partial charge in [-0.2, -0.15) is 4.31 Å². The number of nitrogens with one attached hydrogen (secondary N) is 1. The molecular formula is C20H21ClN2O5S. The lowest BCUT2D eigenvalue weighted by atomic mass is 10.1. The lowest BCUT2D eigenvalue weighted by molar-refractivity contribution is 0.0939. The molecule has 1 unspecified atom stereocenters. The van der Waals surface area contributed by atoms with Gasteiger partial charge in [-0.15, -0.1) is 0 Å². The number of halogens is 1. The number of benzene rings is 2. The van der Waals surface area contributed by atoms with E-state index in [0.717, 1.165) is 18.4 Å². The summed E-state index contributed by atoms with van der Waals surface area (Å²) in [6, 6.07) is 9.33. The van der Waals surface area contributed by atoms with Crippen molar-refractivity contribution < 1.29 is 22.7 Å². The second-order valence-corrected chi connectivity index (χ2v) is 9.41. The summed E-state index contributed by atoms with van der Waals surface area (Å²) in [6.07, 6.45) is 1.68. The van der Waals surface area contributed by atoms with Crippen LogP contribution in [-0.2, 0) is 10.0 Å². The number of amides is 1. The number of hydrogen-bond donors (Lipinski definition) is 1. The van der Waals surface area contributed by atoms with Gasteiger partial charge in [0.2, 0.25) is 16.8 Å². The summed E-state index contributed by atoms with van der Waals surface area (Å²) in [5.41, 5.74) is 0.957. The van der Waals surface area contributed by atoms with Crippen molar-refractivity contribution in [1.29, 1.82) is 0 Å². The fraction of sp³-hybridized carbons (Fsp3) is 0.350. The quantitative estimate of drug-likeness (QED) is 0.776. The van der Waals surface area contributed by atoms with Gasteiger partial charge in [-0.1, -0.05) is 17.7 Å². The smallest absolute Gasteiger partial charge is 0.253 e. The number of hydrogen-bond acceptors (Lipinski definition) is 5. The Balaban J connectivity index is 1.55. The molecule has 0 radical (unpaired) electrons. The van der Waals surface area contributed by atoms with Crippen molar-refractivity contribution in [2.24, 2.45) is 0 Å². The second kappa shape index (κ2) is 7.85. The number of ether oxygens (including phenoxy) is 2. The van der Waals surface area contributed by atoms with E-state index in [0.29, 0.717) is 24.6 Å². The summed E-state index contributed by atoms with van der Waals surface area (Å²) in [4.78, 5) is 12.9. The molecule has 4 rings (SSSR count). The standard InChI is InChI=1S/C20H21ClN2O5S/c1-13(14-4-7-18-19(10-14)28-12-27-18)22-20(24)16-11-15(5-6-17(16)21)29(25,26)23-8-2-3-9-23/h4-7,10-11,13H,2-3,8-9,12H2,1H3,(H,22,24). The van der Waals surface area contributed by atoms with Gasteiger partial charge in [-0.25, -0.2) is 8.42 Å². The first-order chi connectivity index (χ1) is 13.9. The topological polar surface area (TPSA) is 84.9 Å². The molecule has 1 fully saturated rings. The zero-order chi connectivity index (χ0) is 20.6. The maximum absolute atomic E-state index is 12.8. The van der Waals surface area contributed by atoms with Crippen molar-refractivity contribution in [2.75, 3.05) is 19.9 Å². The van der Waals surface area contributed by atoms with Crippen LogP contribution < -0.4 is 14.8 Å². The molecule has 0 bridgehead atoms. The minimum Gasteiger partial charge on any atom is -0.454 e. The highest BCUT2D eigenvalue weighted by molar-refractivity contribution is 7.89. The Hall–Kier alpha value is -2.29. The average molecular weight is 437 g/mol. The predicted molar refractivity (Wildman–Crippen MR) is 108 cm³/mol. The molecule has 1 amide bonds. The SMILES string of the molecule is CC(NC(=O)c1cc(S(=O)(=O)N2CCCC2)ccc1Cl)c1ccc2c(c1)OCO2. The summed E-state index contributed by atoms with van der Waals surface area (Å²) in [6.45, 7) is 2.99. The van der Waals surface area contributed by atoms with Crippen LogP contribution in [0.15, 0.2) is 41.3 Å². The van der Waals surface area contributed by atoms with Crippen LogP contribution in [-0.4, -0.2) is 38.5 Å². The maximum atomic E-state index is 12.8. The van der Waals surface area contributed by atoms with Crippen LogP contribution in [0.4, 0.5) is 0 Å². The molecule has 0 aliphatic carbocycles. The van der Waals surface area contributed by atoms with Gasteiger partial charge in [0.05, 0.1) is 21.5 Å². The Morgan fingerprint density at radius 1 is 1.10 bits per heavy atom. The van der Waals surface area contributed by atoms with E-state index in [9.17, 15) is 13.2 Å². The van der Waals surface area contributed by atoms with Crippen molar-refractivity contribution in [1.82, 2.24) is 9.62 Å². The number of carbonyl (C=O) groups excluding carboxylic acids is 1. The largest absolute Gasteiger partial charge is 0.454 e. The molecule has 2 aromatic rings. The molecule has 9 heteroatoms. The Kier molecular flexibility index (Phi) is 5.42. The first kappa shape index (κ1) is 20.0. The van der Waals surface area contributed by atoms with Gasteiger partial charge in [0, 0.05) is 13.1 Å². The van der Waals surface area contributed by atoms with Gasteiger partial charge >= 0.3 is 0 Å². The van der Waals surface area contributed by atoms with E-state index in [2.05, 4.69) is 5.32 Å². The van der Waals surface area contributed by atoms with Crippen molar-refractivity contribution in [2.45, 2.75) is 30.7 Å². The number of nitrogens with zero attached hydrogens (tertiary/aromatic N) is 1. The zero-order valence-corrected chi connectivity index (χ0v) is 17.4. The Labute approximate surface area is 174 Å². The van der Waals surface area contributed by atoms with Crippen molar-refractivity contribution in [3.8, 4) is 11.5 Å². The maximum Gasteiger partial charge on any atom is 0.253 e. The third-order valence-corrected chi connectivity index (χ3v) is 7.35. The molecule has 0 spiro atoms. The monoisotopic (exact) mass is 436 g/mol. The van der Waals surface area contributed by atoms with E-state index >= 15 is 0 Å². The molecular weight excluding hydrogens is 416 g/mol. The van der Waals surface area contributed by atoms with Crippen LogP contribution in [0.25, 0.3) is 0 Å². The van der Waals surface area contributed by atoms with Crippen LogP contribution in [0.1, 0.15) is 41.7 Å². The minimum absolute atomic E-state index is 0.0738. The second-order valence-electron chi connectivity index (χ2n) is 7.06. The average Bonchev–Trinajstić information content (AvgIpc) is 3.39. The predicted octanol–water partition coefficient (Wildman–Crippen LogP) is 3.34. The summed E-state index contributed by atoms with van der Waals surface area (Å²) in [7, 11) is -3.63. The Morgan fingerprint density at radius 3 is 2.59 bits per heavy atom. The molecule has 29 heavy (non-hydrogen) atoms.